The van der Waals surface area contributed by atoms with Crippen molar-refractivity contribution >= 4 is 17.1 Å². The van der Waals surface area contributed by atoms with E-state index >= 15 is 0 Å². The van der Waals surface area contributed by atoms with Crippen LogP contribution in [-0.2, 0) is 23.9 Å². The number of hydrogen-bond acceptors (Lipinski definition) is 7. The Labute approximate surface area is 195 Å². The van der Waals surface area contributed by atoms with Crippen molar-refractivity contribution in [3.63, 3.8) is 0 Å². The number of nitrogens with zero attached hydrogens (tertiary/aromatic N) is 3. The van der Waals surface area contributed by atoms with Gasteiger partial charge in [-0.05, 0) is 56.2 Å². The maximum Gasteiger partial charge on any atom is 0.419 e. The fourth-order valence-electron chi connectivity index (χ4n) is 4.34. The number of rotatable bonds is 6. The number of fused-ring (bicyclic) bond motifs is 2. The zero-order valence-corrected chi connectivity index (χ0v) is 19.5. The highest BCUT2D eigenvalue weighted by molar-refractivity contribution is 5.94. The first-order valence-electron chi connectivity index (χ1n) is 11.0. The third-order valence-electron chi connectivity index (χ3n) is 6.65. The fraction of sp³-hybridized carbons (Fsp3) is 0.320. The maximum absolute atomic E-state index is 11.8. The lowest BCUT2D eigenvalue weighted by atomic mass is 9.93. The largest absolute Gasteiger partial charge is 0.457 e. The number of aromatic nitrogens is 3. The molecule has 9 heteroatoms. The van der Waals surface area contributed by atoms with Gasteiger partial charge in [-0.3, -0.25) is 4.57 Å². The van der Waals surface area contributed by atoms with Crippen molar-refractivity contribution in [2.75, 3.05) is 6.54 Å². The summed E-state index contributed by atoms with van der Waals surface area (Å²) in [7, 11) is 1.67. The lowest BCUT2D eigenvalue weighted by molar-refractivity contribution is 0.0535. The minimum absolute atomic E-state index is 0.247. The monoisotopic (exact) mass is 462 g/mol. The summed E-state index contributed by atoms with van der Waals surface area (Å²) >= 11 is 0. The molecule has 1 atom stereocenters. The smallest absolute Gasteiger partial charge is 0.419 e. The van der Waals surface area contributed by atoms with E-state index in [2.05, 4.69) is 10.4 Å². The first-order valence-corrected chi connectivity index (χ1v) is 11.0. The van der Waals surface area contributed by atoms with Crippen LogP contribution >= 0.6 is 0 Å². The van der Waals surface area contributed by atoms with E-state index in [0.717, 1.165) is 27.9 Å². The molecule has 2 aromatic carbocycles. The topological polar surface area (TPSA) is 112 Å². The summed E-state index contributed by atoms with van der Waals surface area (Å²) in [5, 5.41) is 18.8. The van der Waals surface area contributed by atoms with Crippen molar-refractivity contribution in [2.24, 2.45) is 7.05 Å². The summed E-state index contributed by atoms with van der Waals surface area (Å²) in [5.41, 5.74) is 5.55. The number of ether oxygens (including phenoxy) is 1. The van der Waals surface area contributed by atoms with Crippen LogP contribution in [0.1, 0.15) is 52.6 Å². The average molecular weight is 463 g/mol. The van der Waals surface area contributed by atoms with Crippen molar-refractivity contribution in [1.82, 2.24) is 19.7 Å². The average Bonchev–Trinajstić information content (AvgIpc) is 3.52. The van der Waals surface area contributed by atoms with E-state index in [1.54, 1.807) is 36.1 Å². The Hall–Kier alpha value is -3.69. The Kier molecular flexibility index (Phi) is 5.18. The molecule has 0 saturated carbocycles. The molecule has 0 spiro atoms. The molecular weight excluding hydrogens is 436 g/mol. The number of carbonyl (C=O) groups is 1. The second kappa shape index (κ2) is 7.96. The SMILES string of the molecule is Cc1c(C(O)CNC(C)(C)c2cnn(-c3ccc4oc(=O)n(C)c4c3)c2)ccc2c1COC2=O. The van der Waals surface area contributed by atoms with E-state index in [-0.39, 0.29) is 12.6 Å². The Morgan fingerprint density at radius 2 is 2.03 bits per heavy atom. The summed E-state index contributed by atoms with van der Waals surface area (Å²) in [6.45, 7) is 6.51. The molecule has 34 heavy (non-hydrogen) atoms. The molecular formula is C25H26N4O5. The van der Waals surface area contributed by atoms with Gasteiger partial charge in [0.1, 0.15) is 6.61 Å². The number of cyclic esters (lactones) is 1. The van der Waals surface area contributed by atoms with Gasteiger partial charge in [0.2, 0.25) is 0 Å². The first-order chi connectivity index (χ1) is 16.2. The van der Waals surface area contributed by atoms with Crippen molar-refractivity contribution in [1.29, 1.82) is 0 Å². The van der Waals surface area contributed by atoms with Gasteiger partial charge >= 0.3 is 11.7 Å². The van der Waals surface area contributed by atoms with Crippen LogP contribution in [0, 0.1) is 6.92 Å². The molecule has 5 rings (SSSR count). The van der Waals surface area contributed by atoms with Crippen LogP contribution in [-0.4, -0.2) is 32.0 Å². The highest BCUT2D eigenvalue weighted by Gasteiger charge is 2.27. The molecule has 0 amide bonds. The third-order valence-corrected chi connectivity index (χ3v) is 6.65. The van der Waals surface area contributed by atoms with Gasteiger partial charge in [-0.25, -0.2) is 14.3 Å². The number of nitrogens with one attached hydrogen (secondary N) is 1. The fourth-order valence-corrected chi connectivity index (χ4v) is 4.34. The first kappa shape index (κ1) is 22.1. The molecule has 0 bridgehead atoms. The molecule has 2 N–H and O–H groups in total. The van der Waals surface area contributed by atoms with Crippen LogP contribution in [0.4, 0.5) is 0 Å². The van der Waals surface area contributed by atoms with Gasteiger partial charge in [-0.2, -0.15) is 5.10 Å². The van der Waals surface area contributed by atoms with Gasteiger partial charge < -0.3 is 19.6 Å². The van der Waals surface area contributed by atoms with E-state index < -0.39 is 17.4 Å². The molecule has 0 aliphatic carbocycles. The number of oxazole rings is 1. The lowest BCUT2D eigenvalue weighted by Gasteiger charge is -2.27. The highest BCUT2D eigenvalue weighted by atomic mass is 16.5. The Morgan fingerprint density at radius 3 is 2.82 bits per heavy atom. The molecule has 2 aromatic heterocycles. The number of aliphatic hydroxyl groups is 1. The molecule has 4 aromatic rings. The zero-order chi connectivity index (χ0) is 24.2. The summed E-state index contributed by atoms with van der Waals surface area (Å²) in [4.78, 5) is 23.5. The van der Waals surface area contributed by atoms with Crippen molar-refractivity contribution in [2.45, 2.75) is 39.0 Å². The van der Waals surface area contributed by atoms with Crippen LogP contribution in [0.3, 0.4) is 0 Å². The van der Waals surface area contributed by atoms with Gasteiger partial charge in [0.15, 0.2) is 5.58 Å². The van der Waals surface area contributed by atoms with E-state index in [1.807, 2.05) is 39.1 Å². The van der Waals surface area contributed by atoms with Crippen molar-refractivity contribution < 1.29 is 19.1 Å². The molecule has 9 nitrogen and oxygen atoms in total. The standard InChI is InChI=1S/C25H26N4O5/c1-14-17(6-7-18-19(14)13-33-23(18)31)21(30)11-26-25(2,3)15-10-27-29(12-15)16-5-8-22-20(9-16)28(4)24(32)34-22/h5-10,12,21,26,30H,11,13H2,1-4H3. The number of esters is 1. The third kappa shape index (κ3) is 3.63. The lowest BCUT2D eigenvalue weighted by Crippen LogP contribution is -2.39. The summed E-state index contributed by atoms with van der Waals surface area (Å²) < 4.78 is 13.5. The molecule has 176 valence electrons. The summed E-state index contributed by atoms with van der Waals surface area (Å²) in [5.74, 6) is -0.723. The van der Waals surface area contributed by atoms with Gasteiger partial charge in [-0.1, -0.05) is 6.07 Å². The molecule has 1 aliphatic heterocycles. The molecule has 1 aliphatic rings. The van der Waals surface area contributed by atoms with Crippen molar-refractivity contribution in [3.05, 3.63) is 81.1 Å². The molecule has 1 unspecified atom stereocenters. The van der Waals surface area contributed by atoms with Crippen molar-refractivity contribution in [3.8, 4) is 5.69 Å². The molecule has 0 saturated heterocycles. The quantitative estimate of drug-likeness (QED) is 0.424. The van der Waals surface area contributed by atoms with Gasteiger partial charge in [0, 0.05) is 36.5 Å². The summed E-state index contributed by atoms with van der Waals surface area (Å²) in [6, 6.07) is 8.96. The number of carbonyl (C=O) groups excluding carboxylic acids is 1. The summed E-state index contributed by atoms with van der Waals surface area (Å²) in [6.07, 6.45) is 2.95. The Balaban J connectivity index is 1.33. The number of aryl methyl sites for hydroxylation is 1. The van der Waals surface area contributed by atoms with E-state index in [4.69, 9.17) is 9.15 Å². The minimum atomic E-state index is -0.750. The second-order valence-electron chi connectivity index (χ2n) is 9.16. The van der Waals surface area contributed by atoms with Gasteiger partial charge in [0.25, 0.3) is 0 Å². The predicted octanol–water partition coefficient (Wildman–Crippen LogP) is 2.85. The van der Waals surface area contributed by atoms with Gasteiger partial charge in [0.05, 0.1) is 29.1 Å². The molecule has 3 heterocycles. The van der Waals surface area contributed by atoms with E-state index in [9.17, 15) is 14.7 Å². The minimum Gasteiger partial charge on any atom is -0.457 e. The van der Waals surface area contributed by atoms with E-state index in [0.29, 0.717) is 23.2 Å². The second-order valence-corrected chi connectivity index (χ2v) is 9.16. The normalized spacial score (nSPS) is 14.4. The molecule has 0 radical (unpaired) electrons. The van der Waals surface area contributed by atoms with Crippen LogP contribution in [0.25, 0.3) is 16.8 Å². The van der Waals surface area contributed by atoms with E-state index in [1.165, 1.54) is 4.57 Å². The van der Waals surface area contributed by atoms with Crippen LogP contribution in [0.5, 0.6) is 0 Å². The zero-order valence-electron chi connectivity index (χ0n) is 19.5. The predicted molar refractivity (Wildman–Crippen MR) is 125 cm³/mol. The van der Waals surface area contributed by atoms with Crippen LogP contribution < -0.4 is 11.1 Å². The Bertz CT molecular complexity index is 1480. The number of hydrogen-bond donors (Lipinski definition) is 2. The van der Waals surface area contributed by atoms with Crippen LogP contribution in [0.15, 0.2) is 51.9 Å². The molecule has 0 fully saturated rings. The van der Waals surface area contributed by atoms with Gasteiger partial charge in [-0.15, -0.1) is 0 Å². The maximum atomic E-state index is 11.8. The number of aliphatic hydroxyl groups excluding tert-OH is 1. The Morgan fingerprint density at radius 1 is 1.24 bits per heavy atom. The highest BCUT2D eigenvalue weighted by Crippen LogP contribution is 2.30. The van der Waals surface area contributed by atoms with Crippen LogP contribution in [0.2, 0.25) is 0 Å². The number of benzene rings is 2.